The summed E-state index contributed by atoms with van der Waals surface area (Å²) in [5.74, 6) is -1.30. The van der Waals surface area contributed by atoms with Crippen LogP contribution in [0.5, 0.6) is 0 Å². The van der Waals surface area contributed by atoms with Gasteiger partial charge < -0.3 is 15.4 Å². The molecule has 32 heavy (non-hydrogen) atoms. The average molecular weight is 451 g/mol. The Bertz CT molecular complexity index is 1070. The predicted molar refractivity (Wildman–Crippen MR) is 122 cm³/mol. The van der Waals surface area contributed by atoms with Crippen LogP contribution in [0.25, 0.3) is 0 Å². The highest BCUT2D eigenvalue weighted by molar-refractivity contribution is 7.10. The molecule has 8 nitrogen and oxygen atoms in total. The smallest absolute Gasteiger partial charge is 0.308 e. The Morgan fingerprint density at radius 1 is 0.938 bits per heavy atom. The van der Waals surface area contributed by atoms with Crippen LogP contribution >= 0.6 is 11.3 Å². The van der Waals surface area contributed by atoms with Crippen molar-refractivity contribution in [3.8, 4) is 0 Å². The molecule has 0 bridgehead atoms. The van der Waals surface area contributed by atoms with Gasteiger partial charge in [0.1, 0.15) is 0 Å². The van der Waals surface area contributed by atoms with Crippen molar-refractivity contribution in [2.75, 3.05) is 11.9 Å². The van der Waals surface area contributed by atoms with E-state index in [2.05, 4.69) is 20.9 Å². The van der Waals surface area contributed by atoms with Crippen molar-refractivity contribution in [1.82, 2.24) is 5.32 Å². The molecule has 0 radical (unpaired) electrons. The first-order chi connectivity index (χ1) is 15.5. The number of azo groups is 1. The van der Waals surface area contributed by atoms with Gasteiger partial charge in [-0.25, -0.2) is 0 Å². The van der Waals surface area contributed by atoms with Crippen LogP contribution in [0.15, 0.2) is 82.3 Å². The average Bonchev–Trinajstić information content (AvgIpc) is 3.32. The Morgan fingerprint density at radius 2 is 1.62 bits per heavy atom. The zero-order valence-electron chi connectivity index (χ0n) is 17.4. The SMILES string of the molecule is CC(=O)NC(CC(=O)OCC(=O)Nc1ccc(N=Nc2ccccc2)cc1)c1cccs1. The molecule has 0 aliphatic heterocycles. The summed E-state index contributed by atoms with van der Waals surface area (Å²) in [4.78, 5) is 36.5. The third-order valence-electron chi connectivity index (χ3n) is 4.19. The highest BCUT2D eigenvalue weighted by Crippen LogP contribution is 2.23. The summed E-state index contributed by atoms with van der Waals surface area (Å²) in [6, 6.07) is 19.3. The standard InChI is InChI=1S/C23H22N4O4S/c1-16(28)24-20(21-8-5-13-32-21)14-23(30)31-15-22(29)25-17-9-11-19(12-10-17)27-26-18-6-3-2-4-7-18/h2-13,20H,14-15H2,1H3,(H,24,28)(H,25,29). The van der Waals surface area contributed by atoms with Gasteiger partial charge in [0.15, 0.2) is 6.61 Å². The zero-order valence-corrected chi connectivity index (χ0v) is 18.2. The maximum atomic E-state index is 12.1. The van der Waals surface area contributed by atoms with E-state index in [1.54, 1.807) is 24.3 Å². The lowest BCUT2D eigenvalue weighted by Crippen LogP contribution is -2.29. The molecule has 0 aliphatic carbocycles. The molecule has 0 spiro atoms. The van der Waals surface area contributed by atoms with Crippen molar-refractivity contribution < 1.29 is 19.1 Å². The second kappa shape index (κ2) is 11.5. The van der Waals surface area contributed by atoms with E-state index < -0.39 is 24.5 Å². The van der Waals surface area contributed by atoms with Gasteiger partial charge in [-0.1, -0.05) is 24.3 Å². The zero-order chi connectivity index (χ0) is 22.8. The summed E-state index contributed by atoms with van der Waals surface area (Å²) >= 11 is 1.43. The molecule has 2 amide bonds. The molecule has 2 N–H and O–H groups in total. The van der Waals surface area contributed by atoms with Gasteiger partial charge in [0, 0.05) is 17.5 Å². The Kier molecular flexibility index (Phi) is 8.22. The summed E-state index contributed by atoms with van der Waals surface area (Å²) < 4.78 is 5.07. The predicted octanol–water partition coefficient (Wildman–Crippen LogP) is 4.91. The van der Waals surface area contributed by atoms with Crippen LogP contribution in [0.3, 0.4) is 0 Å². The first kappa shape index (κ1) is 22.8. The van der Waals surface area contributed by atoms with E-state index in [4.69, 9.17) is 4.74 Å². The highest BCUT2D eigenvalue weighted by Gasteiger charge is 2.19. The number of nitrogens with one attached hydrogen (secondary N) is 2. The molecule has 164 valence electrons. The third-order valence-corrected chi connectivity index (χ3v) is 5.17. The molecule has 3 aromatic rings. The van der Waals surface area contributed by atoms with E-state index >= 15 is 0 Å². The van der Waals surface area contributed by atoms with Crippen LogP contribution in [0.1, 0.15) is 24.3 Å². The van der Waals surface area contributed by atoms with Gasteiger partial charge in [-0.2, -0.15) is 10.2 Å². The molecule has 3 rings (SSSR count). The Labute approximate surface area is 189 Å². The fourth-order valence-electron chi connectivity index (χ4n) is 2.75. The molecule has 1 atom stereocenters. The largest absolute Gasteiger partial charge is 0.455 e. The van der Waals surface area contributed by atoms with E-state index in [0.29, 0.717) is 11.4 Å². The van der Waals surface area contributed by atoms with Gasteiger partial charge in [-0.3, -0.25) is 14.4 Å². The highest BCUT2D eigenvalue weighted by atomic mass is 32.1. The number of hydrogen-bond donors (Lipinski definition) is 2. The van der Waals surface area contributed by atoms with Crippen LogP contribution in [-0.4, -0.2) is 24.4 Å². The number of nitrogens with zero attached hydrogens (tertiary/aromatic N) is 2. The quantitative estimate of drug-likeness (QED) is 0.356. The monoisotopic (exact) mass is 450 g/mol. The lowest BCUT2D eigenvalue weighted by molar-refractivity contribution is -0.147. The van der Waals surface area contributed by atoms with Crippen molar-refractivity contribution in [3.63, 3.8) is 0 Å². The number of amides is 2. The molecule has 1 heterocycles. The number of hydrogen-bond acceptors (Lipinski definition) is 7. The second-order valence-electron chi connectivity index (χ2n) is 6.76. The molecule has 9 heteroatoms. The molecule has 0 saturated carbocycles. The number of carbonyl (C=O) groups excluding carboxylic acids is 3. The summed E-state index contributed by atoms with van der Waals surface area (Å²) in [5, 5.41) is 15.5. The van der Waals surface area contributed by atoms with Gasteiger partial charge >= 0.3 is 5.97 Å². The Hall–Kier alpha value is -3.85. The molecular weight excluding hydrogens is 428 g/mol. The van der Waals surface area contributed by atoms with Crippen molar-refractivity contribution in [1.29, 1.82) is 0 Å². The number of esters is 1. The van der Waals surface area contributed by atoms with Gasteiger partial charge in [0.05, 0.1) is 23.8 Å². The number of carbonyl (C=O) groups is 3. The van der Waals surface area contributed by atoms with Gasteiger partial charge in [0.25, 0.3) is 5.91 Å². The van der Waals surface area contributed by atoms with Crippen LogP contribution in [-0.2, 0) is 19.1 Å². The second-order valence-corrected chi connectivity index (χ2v) is 7.74. The molecule has 2 aromatic carbocycles. The maximum Gasteiger partial charge on any atom is 0.308 e. The lowest BCUT2D eigenvalue weighted by atomic mass is 10.1. The van der Waals surface area contributed by atoms with Gasteiger partial charge in [-0.05, 0) is 47.8 Å². The summed E-state index contributed by atoms with van der Waals surface area (Å²) in [7, 11) is 0. The van der Waals surface area contributed by atoms with Crippen molar-refractivity contribution >= 4 is 46.2 Å². The summed E-state index contributed by atoms with van der Waals surface area (Å²) in [6.07, 6.45) is -0.0610. The van der Waals surface area contributed by atoms with Crippen LogP contribution in [0.4, 0.5) is 17.1 Å². The van der Waals surface area contributed by atoms with Crippen molar-refractivity contribution in [2.24, 2.45) is 10.2 Å². The fraction of sp³-hybridized carbons (Fsp3) is 0.174. The molecule has 0 aliphatic rings. The van der Waals surface area contributed by atoms with Crippen LogP contribution in [0.2, 0.25) is 0 Å². The Morgan fingerprint density at radius 3 is 2.25 bits per heavy atom. The van der Waals surface area contributed by atoms with Crippen molar-refractivity contribution in [2.45, 2.75) is 19.4 Å². The normalized spacial score (nSPS) is 11.7. The Balaban J connectivity index is 1.46. The number of benzene rings is 2. The first-order valence-corrected chi connectivity index (χ1v) is 10.7. The summed E-state index contributed by atoms with van der Waals surface area (Å²) in [6.45, 7) is 0.958. The van der Waals surface area contributed by atoms with Crippen LogP contribution in [0, 0.1) is 0 Å². The molecular formula is C23H22N4O4S. The topological polar surface area (TPSA) is 109 Å². The molecule has 1 aromatic heterocycles. The van der Waals surface area contributed by atoms with Crippen LogP contribution < -0.4 is 10.6 Å². The van der Waals surface area contributed by atoms with Gasteiger partial charge in [-0.15, -0.1) is 11.3 Å². The minimum atomic E-state index is -0.580. The molecule has 0 fully saturated rings. The minimum absolute atomic E-state index is 0.0610. The number of rotatable bonds is 9. The van der Waals surface area contributed by atoms with Crippen molar-refractivity contribution in [3.05, 3.63) is 77.0 Å². The maximum absolute atomic E-state index is 12.1. The minimum Gasteiger partial charge on any atom is -0.455 e. The van der Waals surface area contributed by atoms with E-state index in [-0.39, 0.29) is 12.3 Å². The van der Waals surface area contributed by atoms with E-state index in [9.17, 15) is 14.4 Å². The number of anilines is 1. The summed E-state index contributed by atoms with van der Waals surface area (Å²) in [5.41, 5.74) is 1.92. The number of thiophene rings is 1. The number of ether oxygens (including phenoxy) is 1. The van der Waals surface area contributed by atoms with E-state index in [1.165, 1.54) is 18.3 Å². The van der Waals surface area contributed by atoms with Gasteiger partial charge in [0.2, 0.25) is 5.91 Å². The fourth-order valence-corrected chi connectivity index (χ4v) is 3.53. The van der Waals surface area contributed by atoms with E-state index in [1.807, 2.05) is 47.8 Å². The molecule has 1 unspecified atom stereocenters. The third kappa shape index (κ3) is 7.44. The molecule has 0 saturated heterocycles. The lowest BCUT2D eigenvalue weighted by Gasteiger charge is -2.15. The first-order valence-electron chi connectivity index (χ1n) is 9.82. The van der Waals surface area contributed by atoms with E-state index in [0.717, 1.165) is 10.6 Å².